The van der Waals surface area contributed by atoms with E-state index in [4.69, 9.17) is 4.74 Å². The maximum absolute atomic E-state index is 13.7. The molecule has 0 radical (unpaired) electrons. The number of benzene rings is 1. The number of hydrogen-bond acceptors (Lipinski definition) is 6. The zero-order chi connectivity index (χ0) is 25.1. The van der Waals surface area contributed by atoms with Gasteiger partial charge in [-0.1, -0.05) is 18.2 Å². The van der Waals surface area contributed by atoms with Gasteiger partial charge in [0, 0.05) is 49.5 Å². The number of likely N-dealkylation sites (tertiary alicyclic amines) is 1. The van der Waals surface area contributed by atoms with Gasteiger partial charge < -0.3 is 9.30 Å². The Morgan fingerprint density at radius 1 is 1.19 bits per heavy atom. The summed E-state index contributed by atoms with van der Waals surface area (Å²) in [5, 5.41) is 15.8. The fourth-order valence-electron chi connectivity index (χ4n) is 4.89. The van der Waals surface area contributed by atoms with E-state index in [-0.39, 0.29) is 30.7 Å². The predicted molar refractivity (Wildman–Crippen MR) is 122 cm³/mol. The van der Waals surface area contributed by atoms with Crippen molar-refractivity contribution in [3.8, 4) is 11.3 Å². The summed E-state index contributed by atoms with van der Waals surface area (Å²) in [5.74, 6) is 0.820. The molecule has 4 aromatic rings. The number of nitrogens with zero attached hydrogens (tertiary/aromatic N) is 6. The summed E-state index contributed by atoms with van der Waals surface area (Å²) in [6.45, 7) is 1.47. The summed E-state index contributed by atoms with van der Waals surface area (Å²) in [6.07, 6.45) is -3.32. The van der Waals surface area contributed by atoms with Crippen LogP contribution in [0.15, 0.2) is 36.7 Å². The minimum atomic E-state index is -4.62. The minimum Gasteiger partial charge on any atom is -0.379 e. The van der Waals surface area contributed by atoms with Crippen molar-refractivity contribution in [3.63, 3.8) is 0 Å². The molecule has 2 saturated heterocycles. The molecular formula is C24H23F4N7O. The Morgan fingerprint density at radius 3 is 2.64 bits per heavy atom. The van der Waals surface area contributed by atoms with Crippen molar-refractivity contribution in [3.05, 3.63) is 59.4 Å². The largest absolute Gasteiger partial charge is 0.433 e. The van der Waals surface area contributed by atoms with Crippen molar-refractivity contribution in [1.82, 2.24) is 34.8 Å². The van der Waals surface area contributed by atoms with E-state index in [1.807, 2.05) is 35.9 Å². The third kappa shape index (κ3) is 3.94. The van der Waals surface area contributed by atoms with Gasteiger partial charge >= 0.3 is 6.18 Å². The second kappa shape index (κ2) is 8.34. The summed E-state index contributed by atoms with van der Waals surface area (Å²) in [4.78, 5) is 5.59. The zero-order valence-corrected chi connectivity index (χ0v) is 19.4. The van der Waals surface area contributed by atoms with Crippen LogP contribution in [-0.2, 0) is 36.3 Å². The average molecular weight is 501 g/mol. The molecule has 0 aliphatic carbocycles. The molecule has 1 N–H and O–H groups in total. The quantitative estimate of drug-likeness (QED) is 0.408. The maximum atomic E-state index is 13.7. The van der Waals surface area contributed by atoms with E-state index in [9.17, 15) is 17.6 Å². The molecule has 0 spiro atoms. The molecule has 1 aromatic carbocycles. The fraction of sp³-hybridized carbons (Fsp3) is 0.417. The number of alkyl halides is 4. The third-order valence-electron chi connectivity index (χ3n) is 7.01. The second-order valence-corrected chi connectivity index (χ2v) is 9.63. The molecule has 8 nitrogen and oxygen atoms in total. The highest BCUT2D eigenvalue weighted by molar-refractivity contribution is 5.94. The Bertz CT molecular complexity index is 1420. The lowest BCUT2D eigenvalue weighted by Crippen LogP contribution is -2.49. The zero-order valence-electron chi connectivity index (χ0n) is 19.4. The van der Waals surface area contributed by atoms with Crippen LogP contribution in [-0.4, -0.2) is 67.3 Å². The van der Waals surface area contributed by atoms with E-state index in [2.05, 4.69) is 25.4 Å². The van der Waals surface area contributed by atoms with E-state index in [0.717, 1.165) is 17.5 Å². The van der Waals surface area contributed by atoms with E-state index < -0.39 is 18.0 Å². The monoisotopic (exact) mass is 501 g/mol. The number of ether oxygens (including phenoxy) is 1. The summed E-state index contributed by atoms with van der Waals surface area (Å²) in [6, 6.07) is 8.66. The first-order valence-electron chi connectivity index (χ1n) is 11.5. The first kappa shape index (κ1) is 23.0. The molecule has 36 heavy (non-hydrogen) atoms. The highest BCUT2D eigenvalue weighted by Gasteiger charge is 2.42. The van der Waals surface area contributed by atoms with E-state index in [1.54, 1.807) is 11.2 Å². The number of nitrogens with one attached hydrogen (secondary N) is 1. The molecule has 0 saturated carbocycles. The summed E-state index contributed by atoms with van der Waals surface area (Å²) < 4.78 is 61.9. The molecule has 5 heterocycles. The molecule has 2 fully saturated rings. The number of rotatable bonds is 6. The summed E-state index contributed by atoms with van der Waals surface area (Å²) >= 11 is 0. The molecule has 12 heteroatoms. The van der Waals surface area contributed by atoms with Gasteiger partial charge in [0.1, 0.15) is 29.7 Å². The van der Waals surface area contributed by atoms with Crippen LogP contribution in [0, 0.1) is 0 Å². The number of aromatic amines is 1. The fourth-order valence-corrected chi connectivity index (χ4v) is 4.89. The van der Waals surface area contributed by atoms with Crippen molar-refractivity contribution >= 4 is 10.9 Å². The van der Waals surface area contributed by atoms with Crippen LogP contribution in [0.1, 0.15) is 22.8 Å². The molecular weight excluding hydrogens is 478 g/mol. The van der Waals surface area contributed by atoms with E-state index in [0.29, 0.717) is 41.8 Å². The first-order chi connectivity index (χ1) is 17.2. The van der Waals surface area contributed by atoms with Crippen molar-refractivity contribution < 1.29 is 22.3 Å². The highest BCUT2D eigenvalue weighted by atomic mass is 19.4. The van der Waals surface area contributed by atoms with Crippen molar-refractivity contribution in [2.24, 2.45) is 7.05 Å². The van der Waals surface area contributed by atoms with Crippen LogP contribution in [0.4, 0.5) is 17.6 Å². The standard InChI is InChI=1S/C24H23F4N7O/c1-34-13-29-31-20(34)7-23(11-36-12-23)15-4-2-3-14(5-15)21-17-6-19(24(26,27)28)30-18(22(17)33-32-21)10-35-8-16(25)9-35/h2-6,13,16H,7-12H2,1H3,(H,32,33). The Morgan fingerprint density at radius 2 is 2.00 bits per heavy atom. The van der Waals surface area contributed by atoms with Gasteiger partial charge in [0.2, 0.25) is 0 Å². The first-order valence-corrected chi connectivity index (χ1v) is 11.5. The van der Waals surface area contributed by atoms with E-state index >= 15 is 0 Å². The molecule has 6 rings (SSSR count). The Labute approximate surface area is 203 Å². The Hall–Kier alpha value is -3.38. The molecule has 0 bridgehead atoms. The Balaban J connectivity index is 1.41. The third-order valence-corrected chi connectivity index (χ3v) is 7.01. The molecule has 3 aromatic heterocycles. The van der Waals surface area contributed by atoms with Gasteiger partial charge in [-0.2, -0.15) is 18.3 Å². The lowest BCUT2D eigenvalue weighted by molar-refractivity contribution is -0.141. The number of pyridine rings is 1. The van der Waals surface area contributed by atoms with Gasteiger partial charge in [-0.25, -0.2) is 9.37 Å². The normalized spacial score (nSPS) is 18.4. The van der Waals surface area contributed by atoms with Crippen molar-refractivity contribution in [2.45, 2.75) is 30.7 Å². The number of H-pyrrole nitrogens is 1. The van der Waals surface area contributed by atoms with Crippen LogP contribution < -0.4 is 0 Å². The van der Waals surface area contributed by atoms with Gasteiger partial charge in [0.05, 0.1) is 24.4 Å². The van der Waals surface area contributed by atoms with Crippen LogP contribution in [0.5, 0.6) is 0 Å². The van der Waals surface area contributed by atoms with Crippen molar-refractivity contribution in [2.75, 3.05) is 26.3 Å². The lowest BCUT2D eigenvalue weighted by Gasteiger charge is -2.41. The minimum absolute atomic E-state index is 0.112. The number of hydrogen-bond donors (Lipinski definition) is 1. The predicted octanol–water partition coefficient (Wildman–Crippen LogP) is 3.44. The molecule has 2 aliphatic rings. The van der Waals surface area contributed by atoms with Crippen LogP contribution >= 0.6 is 0 Å². The smallest absolute Gasteiger partial charge is 0.379 e. The van der Waals surface area contributed by atoms with Crippen LogP contribution in [0.3, 0.4) is 0 Å². The topological polar surface area (TPSA) is 84.8 Å². The average Bonchev–Trinajstić information content (AvgIpc) is 3.40. The van der Waals surface area contributed by atoms with Gasteiger partial charge in [0.15, 0.2) is 0 Å². The maximum Gasteiger partial charge on any atom is 0.433 e. The van der Waals surface area contributed by atoms with Gasteiger partial charge in [-0.15, -0.1) is 10.2 Å². The number of aromatic nitrogens is 6. The second-order valence-electron chi connectivity index (χ2n) is 9.63. The SMILES string of the molecule is Cn1cnnc1CC1(c2cccc(-c3n[nH]c4c(CN5CC(F)C5)nc(C(F)(F)F)cc34)c2)COC1. The Kier molecular flexibility index (Phi) is 5.34. The molecule has 0 unspecified atom stereocenters. The summed E-state index contributed by atoms with van der Waals surface area (Å²) in [7, 11) is 1.88. The van der Waals surface area contributed by atoms with Crippen LogP contribution in [0.25, 0.3) is 22.2 Å². The molecule has 0 amide bonds. The van der Waals surface area contributed by atoms with Gasteiger partial charge in [-0.05, 0) is 17.7 Å². The van der Waals surface area contributed by atoms with Gasteiger partial charge in [-0.3, -0.25) is 10.00 Å². The highest BCUT2D eigenvalue weighted by Crippen LogP contribution is 2.39. The number of halogens is 4. The number of aryl methyl sites for hydroxylation is 1. The van der Waals surface area contributed by atoms with Crippen LogP contribution in [0.2, 0.25) is 0 Å². The summed E-state index contributed by atoms with van der Waals surface area (Å²) in [5.41, 5.74) is 1.40. The molecule has 188 valence electrons. The van der Waals surface area contributed by atoms with E-state index in [1.165, 1.54) is 0 Å². The molecule has 2 aliphatic heterocycles. The lowest BCUT2D eigenvalue weighted by atomic mass is 9.75. The van der Waals surface area contributed by atoms with Gasteiger partial charge in [0.25, 0.3) is 0 Å². The number of fused-ring (bicyclic) bond motifs is 1. The molecule has 0 atom stereocenters. The van der Waals surface area contributed by atoms with Crippen molar-refractivity contribution in [1.29, 1.82) is 0 Å².